The molecule has 0 aromatic carbocycles. The fourth-order valence-electron chi connectivity index (χ4n) is 2.53. The van der Waals surface area contributed by atoms with Gasteiger partial charge in [-0.15, -0.1) is 0 Å². The van der Waals surface area contributed by atoms with Crippen molar-refractivity contribution >= 4 is 11.8 Å². The van der Waals surface area contributed by atoms with Gasteiger partial charge < -0.3 is 5.73 Å². The molecule has 2 fully saturated rings. The van der Waals surface area contributed by atoms with Crippen molar-refractivity contribution in [2.24, 2.45) is 17.6 Å². The van der Waals surface area contributed by atoms with Gasteiger partial charge in [0.05, 0.1) is 11.8 Å². The largest absolute Gasteiger partial charge is 0.330 e. The molecule has 2 N–H and O–H groups in total. The van der Waals surface area contributed by atoms with Gasteiger partial charge in [0.1, 0.15) is 0 Å². The summed E-state index contributed by atoms with van der Waals surface area (Å²) in [7, 11) is 0. The van der Waals surface area contributed by atoms with E-state index in [1.807, 2.05) is 0 Å². The molecule has 1 saturated carbocycles. The first-order valence-electron chi connectivity index (χ1n) is 5.31. The zero-order valence-electron chi connectivity index (χ0n) is 8.24. The van der Waals surface area contributed by atoms with Crippen molar-refractivity contribution in [2.75, 3.05) is 13.1 Å². The second-order valence-corrected chi connectivity index (χ2v) is 4.11. The van der Waals surface area contributed by atoms with Crippen molar-refractivity contribution in [3.05, 3.63) is 0 Å². The number of likely N-dealkylation sites (tertiary alicyclic amines) is 1. The summed E-state index contributed by atoms with van der Waals surface area (Å²) in [5.74, 6) is 0.0949. The van der Waals surface area contributed by atoms with Crippen LogP contribution in [-0.2, 0) is 9.59 Å². The Morgan fingerprint density at radius 3 is 2.29 bits per heavy atom. The van der Waals surface area contributed by atoms with Crippen LogP contribution in [0.4, 0.5) is 0 Å². The molecule has 2 rings (SSSR count). The lowest BCUT2D eigenvalue weighted by molar-refractivity contribution is -0.140. The van der Waals surface area contributed by atoms with Crippen LogP contribution in [0.1, 0.15) is 25.7 Å². The minimum absolute atomic E-state index is 0.000254. The Morgan fingerprint density at radius 2 is 1.79 bits per heavy atom. The number of carbonyl (C=O) groups excluding carboxylic acids is 2. The molecule has 2 aliphatic rings. The Bertz CT molecular complexity index is 243. The van der Waals surface area contributed by atoms with Gasteiger partial charge in [-0.25, -0.2) is 0 Å². The van der Waals surface area contributed by atoms with Crippen LogP contribution in [-0.4, -0.2) is 29.8 Å². The SMILES string of the molecule is NCCCN1C(=O)C2CCCC2C1=O. The average Bonchev–Trinajstić information content (AvgIpc) is 2.72. The molecule has 1 saturated heterocycles. The van der Waals surface area contributed by atoms with Crippen LogP contribution in [0.5, 0.6) is 0 Å². The number of nitrogens with two attached hydrogens (primary N) is 1. The van der Waals surface area contributed by atoms with Crippen molar-refractivity contribution in [1.82, 2.24) is 4.90 Å². The Hall–Kier alpha value is -0.900. The zero-order chi connectivity index (χ0) is 10.1. The highest BCUT2D eigenvalue weighted by Crippen LogP contribution is 2.39. The molecule has 0 aromatic heterocycles. The third kappa shape index (κ3) is 1.34. The van der Waals surface area contributed by atoms with E-state index in [1.54, 1.807) is 0 Å². The van der Waals surface area contributed by atoms with Gasteiger partial charge in [-0.3, -0.25) is 14.5 Å². The van der Waals surface area contributed by atoms with Gasteiger partial charge >= 0.3 is 0 Å². The Morgan fingerprint density at radius 1 is 1.21 bits per heavy atom. The summed E-state index contributed by atoms with van der Waals surface area (Å²) >= 11 is 0. The summed E-state index contributed by atoms with van der Waals surface area (Å²) in [4.78, 5) is 25.0. The lowest BCUT2D eigenvalue weighted by Gasteiger charge is -2.14. The van der Waals surface area contributed by atoms with E-state index in [0.29, 0.717) is 13.1 Å². The van der Waals surface area contributed by atoms with Gasteiger partial charge in [-0.05, 0) is 25.8 Å². The first-order chi connectivity index (χ1) is 6.75. The fraction of sp³-hybridized carbons (Fsp3) is 0.800. The first kappa shape index (κ1) is 9.65. The molecule has 1 heterocycles. The van der Waals surface area contributed by atoms with Crippen LogP contribution in [0.25, 0.3) is 0 Å². The molecule has 1 aliphatic carbocycles. The number of hydrogen-bond acceptors (Lipinski definition) is 3. The highest BCUT2D eigenvalue weighted by atomic mass is 16.2. The number of fused-ring (bicyclic) bond motifs is 1. The number of carbonyl (C=O) groups is 2. The van der Waals surface area contributed by atoms with Crippen LogP contribution in [0, 0.1) is 11.8 Å². The normalized spacial score (nSPS) is 31.4. The number of rotatable bonds is 3. The van der Waals surface area contributed by atoms with E-state index in [-0.39, 0.29) is 23.7 Å². The Balaban J connectivity index is 2.06. The molecule has 0 aromatic rings. The van der Waals surface area contributed by atoms with Crippen molar-refractivity contribution in [3.63, 3.8) is 0 Å². The molecule has 2 unspecified atom stereocenters. The molecule has 0 spiro atoms. The van der Waals surface area contributed by atoms with Crippen LogP contribution >= 0.6 is 0 Å². The second-order valence-electron chi connectivity index (χ2n) is 4.11. The molecule has 1 aliphatic heterocycles. The van der Waals surface area contributed by atoms with Gasteiger partial charge in [-0.2, -0.15) is 0 Å². The summed E-state index contributed by atoms with van der Waals surface area (Å²) < 4.78 is 0. The average molecular weight is 196 g/mol. The molecular weight excluding hydrogens is 180 g/mol. The highest BCUT2D eigenvalue weighted by molar-refractivity contribution is 6.05. The quantitative estimate of drug-likeness (QED) is 0.652. The number of imide groups is 1. The lowest BCUT2D eigenvalue weighted by atomic mass is 10.00. The van der Waals surface area contributed by atoms with Gasteiger partial charge in [-0.1, -0.05) is 6.42 Å². The third-order valence-electron chi connectivity index (χ3n) is 3.27. The van der Waals surface area contributed by atoms with E-state index < -0.39 is 0 Å². The number of amides is 2. The standard InChI is InChI=1S/C10H16N2O2/c11-5-2-6-12-9(13)7-3-1-4-8(7)10(12)14/h7-8H,1-6,11H2. The minimum Gasteiger partial charge on any atom is -0.330 e. The van der Waals surface area contributed by atoms with E-state index in [4.69, 9.17) is 5.73 Å². The number of hydrogen-bond donors (Lipinski definition) is 1. The highest BCUT2D eigenvalue weighted by Gasteiger charge is 2.49. The minimum atomic E-state index is 0.000254. The molecule has 4 nitrogen and oxygen atoms in total. The molecule has 14 heavy (non-hydrogen) atoms. The fourth-order valence-corrected chi connectivity index (χ4v) is 2.53. The van der Waals surface area contributed by atoms with Gasteiger partial charge in [0.15, 0.2) is 0 Å². The third-order valence-corrected chi connectivity index (χ3v) is 3.27. The van der Waals surface area contributed by atoms with Gasteiger partial charge in [0.2, 0.25) is 11.8 Å². The number of nitrogens with zero attached hydrogens (tertiary/aromatic N) is 1. The van der Waals surface area contributed by atoms with Crippen molar-refractivity contribution in [2.45, 2.75) is 25.7 Å². The van der Waals surface area contributed by atoms with Crippen LogP contribution in [0.15, 0.2) is 0 Å². The maximum atomic E-state index is 11.8. The maximum absolute atomic E-state index is 11.8. The second kappa shape index (κ2) is 3.69. The topological polar surface area (TPSA) is 63.4 Å². The maximum Gasteiger partial charge on any atom is 0.233 e. The van der Waals surface area contributed by atoms with Gasteiger partial charge in [0, 0.05) is 6.54 Å². The van der Waals surface area contributed by atoms with Crippen LogP contribution in [0.3, 0.4) is 0 Å². The lowest BCUT2D eigenvalue weighted by Crippen LogP contribution is -2.33. The van der Waals surface area contributed by atoms with Crippen molar-refractivity contribution in [3.8, 4) is 0 Å². The van der Waals surface area contributed by atoms with Crippen LogP contribution < -0.4 is 5.73 Å². The summed E-state index contributed by atoms with van der Waals surface area (Å²) in [6, 6.07) is 0. The molecule has 0 bridgehead atoms. The van der Waals surface area contributed by atoms with Crippen molar-refractivity contribution < 1.29 is 9.59 Å². The smallest absolute Gasteiger partial charge is 0.233 e. The van der Waals surface area contributed by atoms with E-state index in [9.17, 15) is 9.59 Å². The molecule has 78 valence electrons. The predicted octanol–water partition coefficient (Wildman–Crippen LogP) is 0.120. The summed E-state index contributed by atoms with van der Waals surface area (Å²) in [5.41, 5.74) is 5.36. The van der Waals surface area contributed by atoms with Crippen molar-refractivity contribution in [1.29, 1.82) is 0 Å². The Labute approximate surface area is 83.4 Å². The summed E-state index contributed by atoms with van der Waals surface area (Å²) in [6.45, 7) is 1.05. The summed E-state index contributed by atoms with van der Waals surface area (Å²) in [6.07, 6.45) is 3.54. The first-order valence-corrected chi connectivity index (χ1v) is 5.31. The monoisotopic (exact) mass is 196 g/mol. The Kier molecular flexibility index (Phi) is 2.54. The molecule has 4 heteroatoms. The predicted molar refractivity (Wildman–Crippen MR) is 51.2 cm³/mol. The molecule has 0 radical (unpaired) electrons. The van der Waals surface area contributed by atoms with Crippen LogP contribution in [0.2, 0.25) is 0 Å². The van der Waals surface area contributed by atoms with Gasteiger partial charge in [0.25, 0.3) is 0 Å². The zero-order valence-corrected chi connectivity index (χ0v) is 8.24. The van der Waals surface area contributed by atoms with E-state index >= 15 is 0 Å². The molecule has 2 atom stereocenters. The molecular formula is C10H16N2O2. The summed E-state index contributed by atoms with van der Waals surface area (Å²) in [5, 5.41) is 0. The van der Waals surface area contributed by atoms with E-state index in [2.05, 4.69) is 0 Å². The van der Waals surface area contributed by atoms with E-state index in [1.165, 1.54) is 4.90 Å². The molecule has 2 amide bonds. The van der Waals surface area contributed by atoms with E-state index in [0.717, 1.165) is 25.7 Å².